The molecule has 0 saturated carbocycles. The van der Waals surface area contributed by atoms with Crippen LogP contribution in [-0.2, 0) is 6.61 Å². The molecule has 4 heterocycles. The first-order chi connectivity index (χ1) is 21.9. The molecular formula is C35H35N5O4S. The Morgan fingerprint density at radius 3 is 2.64 bits per heavy atom. The lowest BCUT2D eigenvalue weighted by atomic mass is 10.0. The number of carbonyl (C=O) groups excluding carboxylic acids is 1. The molecule has 6 aromatic rings. The predicted molar refractivity (Wildman–Crippen MR) is 176 cm³/mol. The van der Waals surface area contributed by atoms with Crippen molar-refractivity contribution >= 4 is 33.2 Å². The van der Waals surface area contributed by atoms with Crippen LogP contribution in [-0.4, -0.2) is 69.6 Å². The number of furan rings is 1. The molecule has 1 unspecified atom stereocenters. The number of hydrogen-bond donors (Lipinski definition) is 0. The maximum Gasteiger partial charge on any atom is 0.254 e. The number of aryl methyl sites for hydroxylation is 1. The fraction of sp³-hybridized carbons (Fsp3) is 0.286. The summed E-state index contributed by atoms with van der Waals surface area (Å²) in [4.78, 5) is 23.1. The van der Waals surface area contributed by atoms with E-state index in [9.17, 15) is 4.79 Å². The number of nitrogens with zero attached hydrogens (tertiary/aromatic N) is 5. The minimum absolute atomic E-state index is 0.0911. The summed E-state index contributed by atoms with van der Waals surface area (Å²) in [5.74, 6) is 2.19. The van der Waals surface area contributed by atoms with E-state index in [2.05, 4.69) is 23.8 Å². The predicted octanol–water partition coefficient (Wildman–Crippen LogP) is 6.93. The van der Waals surface area contributed by atoms with Gasteiger partial charge in [-0.1, -0.05) is 42.5 Å². The van der Waals surface area contributed by atoms with Crippen LogP contribution in [0.5, 0.6) is 11.5 Å². The zero-order valence-electron chi connectivity index (χ0n) is 25.8. The van der Waals surface area contributed by atoms with E-state index >= 15 is 0 Å². The molecule has 1 aliphatic heterocycles. The summed E-state index contributed by atoms with van der Waals surface area (Å²) in [6.45, 7) is 10.2. The molecule has 3 aromatic carbocycles. The Hall–Kier alpha value is -4.67. The molecular weight excluding hydrogens is 586 g/mol. The highest BCUT2D eigenvalue weighted by molar-refractivity contribution is 7.16. The molecule has 1 aliphatic rings. The van der Waals surface area contributed by atoms with Crippen LogP contribution in [0, 0.1) is 6.92 Å². The van der Waals surface area contributed by atoms with Crippen molar-refractivity contribution in [2.24, 2.45) is 0 Å². The lowest BCUT2D eigenvalue weighted by Crippen LogP contribution is -2.53. The Morgan fingerprint density at radius 1 is 1.04 bits per heavy atom. The van der Waals surface area contributed by atoms with Gasteiger partial charge in [-0.3, -0.25) is 9.69 Å². The first kappa shape index (κ1) is 29.1. The Balaban J connectivity index is 1.08. The van der Waals surface area contributed by atoms with Crippen LogP contribution in [0.2, 0.25) is 0 Å². The highest BCUT2D eigenvalue weighted by atomic mass is 32.1. The average Bonchev–Trinajstić information content (AvgIpc) is 3.76. The maximum absolute atomic E-state index is 13.3. The number of ether oxygens (including phenoxy) is 2. The van der Waals surface area contributed by atoms with Crippen LogP contribution in [0.4, 0.5) is 0 Å². The van der Waals surface area contributed by atoms with Gasteiger partial charge in [-0.2, -0.15) is 5.10 Å². The number of carbonyl (C=O) groups is 1. The van der Waals surface area contributed by atoms with E-state index in [-0.39, 0.29) is 11.9 Å². The van der Waals surface area contributed by atoms with Crippen molar-refractivity contribution in [3.63, 3.8) is 0 Å². The van der Waals surface area contributed by atoms with E-state index < -0.39 is 0 Å². The Morgan fingerprint density at radius 2 is 1.89 bits per heavy atom. The Labute approximate surface area is 265 Å². The number of likely N-dealkylation sites (N-methyl/N-ethyl adjacent to an activating group) is 1. The number of aromatic nitrogens is 3. The zero-order chi connectivity index (χ0) is 31.1. The van der Waals surface area contributed by atoms with Gasteiger partial charge in [-0.25, -0.2) is 9.50 Å². The first-order valence-electron chi connectivity index (χ1n) is 15.2. The standard InChI is InChI=1S/C35H35N5O4S/c1-5-38-13-14-39(22(2)19-38)34(41)25-11-9-24(10-12-25)26-7-6-8-28(15-26)43-21-27-16-29(42-4)17-32-30(27)18-33(44-32)31-20-40-35(36-31)45-23(3)37-40/h6-12,15-18,20,22H,5,13-14,19,21H2,1-4H3. The van der Waals surface area contributed by atoms with Gasteiger partial charge in [0.05, 0.1) is 13.3 Å². The molecule has 0 bridgehead atoms. The molecule has 7 rings (SSSR count). The van der Waals surface area contributed by atoms with Crippen molar-refractivity contribution in [1.82, 2.24) is 24.4 Å². The van der Waals surface area contributed by atoms with Crippen molar-refractivity contribution in [2.75, 3.05) is 33.3 Å². The van der Waals surface area contributed by atoms with Crippen molar-refractivity contribution in [2.45, 2.75) is 33.4 Å². The van der Waals surface area contributed by atoms with Crippen LogP contribution in [0.15, 0.2) is 77.3 Å². The third-order valence-corrected chi connectivity index (χ3v) is 9.28. The van der Waals surface area contributed by atoms with Crippen LogP contribution in [0.25, 0.3) is 38.5 Å². The van der Waals surface area contributed by atoms with Gasteiger partial charge in [0.25, 0.3) is 5.91 Å². The largest absolute Gasteiger partial charge is 0.497 e. The zero-order valence-corrected chi connectivity index (χ0v) is 26.6. The maximum atomic E-state index is 13.3. The third-order valence-electron chi connectivity index (χ3n) is 8.44. The van der Waals surface area contributed by atoms with E-state index in [4.69, 9.17) is 18.9 Å². The van der Waals surface area contributed by atoms with E-state index in [1.165, 1.54) is 11.3 Å². The summed E-state index contributed by atoms with van der Waals surface area (Å²) in [6, 6.07) is 21.9. The van der Waals surface area contributed by atoms with Gasteiger partial charge < -0.3 is 18.8 Å². The molecule has 45 heavy (non-hydrogen) atoms. The van der Waals surface area contributed by atoms with Gasteiger partial charge in [0.1, 0.15) is 34.4 Å². The topological polar surface area (TPSA) is 85.3 Å². The van der Waals surface area contributed by atoms with Crippen molar-refractivity contribution < 1.29 is 18.7 Å². The Kier molecular flexibility index (Phi) is 7.76. The van der Waals surface area contributed by atoms with Crippen LogP contribution in [0.3, 0.4) is 0 Å². The normalized spacial score (nSPS) is 15.6. The minimum atomic E-state index is 0.0911. The highest BCUT2D eigenvalue weighted by Gasteiger charge is 2.27. The number of rotatable bonds is 8. The second-order valence-corrected chi connectivity index (χ2v) is 12.6. The van der Waals surface area contributed by atoms with Crippen LogP contribution < -0.4 is 9.47 Å². The monoisotopic (exact) mass is 621 g/mol. The van der Waals surface area contributed by atoms with Gasteiger partial charge in [0, 0.05) is 48.3 Å². The molecule has 1 amide bonds. The molecule has 3 aromatic heterocycles. The number of piperazine rings is 1. The highest BCUT2D eigenvalue weighted by Crippen LogP contribution is 2.34. The summed E-state index contributed by atoms with van der Waals surface area (Å²) in [7, 11) is 1.64. The molecule has 0 radical (unpaired) electrons. The lowest BCUT2D eigenvalue weighted by Gasteiger charge is -2.39. The lowest BCUT2D eigenvalue weighted by molar-refractivity contribution is 0.0499. The third kappa shape index (κ3) is 5.79. The first-order valence-corrected chi connectivity index (χ1v) is 16.0. The van der Waals surface area contributed by atoms with E-state index in [1.807, 2.05) is 84.8 Å². The van der Waals surface area contributed by atoms with Gasteiger partial charge in [-0.05, 0) is 67.9 Å². The van der Waals surface area contributed by atoms with Gasteiger partial charge >= 0.3 is 0 Å². The Bertz CT molecular complexity index is 1960. The molecule has 0 N–H and O–H groups in total. The van der Waals surface area contributed by atoms with Crippen molar-refractivity contribution in [1.29, 1.82) is 0 Å². The van der Waals surface area contributed by atoms with Gasteiger partial charge in [0.15, 0.2) is 5.76 Å². The van der Waals surface area contributed by atoms with E-state index in [1.54, 1.807) is 11.6 Å². The average molecular weight is 622 g/mol. The summed E-state index contributed by atoms with van der Waals surface area (Å²) < 4.78 is 19.9. The van der Waals surface area contributed by atoms with E-state index in [0.717, 1.165) is 69.7 Å². The molecule has 9 nitrogen and oxygen atoms in total. The molecule has 0 spiro atoms. The van der Waals surface area contributed by atoms with Gasteiger partial charge in [-0.15, -0.1) is 0 Å². The summed E-state index contributed by atoms with van der Waals surface area (Å²) in [5, 5.41) is 6.36. The molecule has 230 valence electrons. The number of fused-ring (bicyclic) bond motifs is 2. The number of imidazole rings is 1. The van der Waals surface area contributed by atoms with Crippen molar-refractivity contribution in [3.05, 3.63) is 89.1 Å². The molecule has 1 fully saturated rings. The molecule has 0 aliphatic carbocycles. The summed E-state index contributed by atoms with van der Waals surface area (Å²) in [6.07, 6.45) is 1.88. The SMILES string of the molecule is CCN1CCN(C(=O)c2ccc(-c3cccc(OCc4cc(OC)cc5oc(-c6cn7nc(C)sc7n6)cc45)c3)cc2)C(C)C1. The van der Waals surface area contributed by atoms with Crippen molar-refractivity contribution in [3.8, 4) is 34.1 Å². The summed E-state index contributed by atoms with van der Waals surface area (Å²) >= 11 is 1.54. The van der Waals surface area contributed by atoms with Crippen LogP contribution >= 0.6 is 11.3 Å². The van der Waals surface area contributed by atoms with Gasteiger partial charge in [0.2, 0.25) is 4.96 Å². The fourth-order valence-electron chi connectivity index (χ4n) is 5.99. The van der Waals surface area contributed by atoms with E-state index in [0.29, 0.717) is 29.3 Å². The number of benzene rings is 3. The minimum Gasteiger partial charge on any atom is -0.497 e. The number of amides is 1. The smallest absolute Gasteiger partial charge is 0.254 e. The number of hydrogen-bond acceptors (Lipinski definition) is 8. The quantitative estimate of drug-likeness (QED) is 0.182. The number of methoxy groups -OCH3 is 1. The summed E-state index contributed by atoms with van der Waals surface area (Å²) in [5.41, 5.74) is 5.12. The second-order valence-electron chi connectivity index (χ2n) is 11.4. The van der Waals surface area contributed by atoms with Crippen LogP contribution in [0.1, 0.15) is 34.8 Å². The fourth-order valence-corrected chi connectivity index (χ4v) is 6.71. The molecule has 1 saturated heterocycles. The molecule has 1 atom stereocenters. The molecule has 10 heteroatoms. The second kappa shape index (κ2) is 12.0.